The molecule has 1 unspecified atom stereocenters. The summed E-state index contributed by atoms with van der Waals surface area (Å²) in [5, 5.41) is 2.85. The van der Waals surface area contributed by atoms with Crippen molar-refractivity contribution >= 4 is 16.8 Å². The van der Waals surface area contributed by atoms with Crippen molar-refractivity contribution < 1.29 is 0 Å². The molecule has 18 heavy (non-hydrogen) atoms. The third kappa shape index (κ3) is 1.96. The molecule has 0 amide bonds. The van der Waals surface area contributed by atoms with Crippen LogP contribution in [0, 0.1) is 5.92 Å². The molecule has 92 valence electrons. The zero-order valence-corrected chi connectivity index (χ0v) is 11.2. The van der Waals surface area contributed by atoms with Crippen LogP contribution < -0.4 is 0 Å². The van der Waals surface area contributed by atoms with E-state index in [1.165, 1.54) is 34.7 Å². The maximum Gasteiger partial charge on any atom is 0.00277 e. The summed E-state index contributed by atoms with van der Waals surface area (Å²) < 4.78 is 0. The van der Waals surface area contributed by atoms with Gasteiger partial charge in [0, 0.05) is 5.92 Å². The molecule has 0 radical (unpaired) electrons. The van der Waals surface area contributed by atoms with Gasteiger partial charge in [0.05, 0.1) is 0 Å². The second-order valence-corrected chi connectivity index (χ2v) is 5.73. The minimum atomic E-state index is 0.603. The Morgan fingerprint density at radius 2 is 1.83 bits per heavy atom. The van der Waals surface area contributed by atoms with Crippen molar-refractivity contribution in [2.45, 2.75) is 32.6 Å². The van der Waals surface area contributed by atoms with Gasteiger partial charge in [-0.3, -0.25) is 0 Å². The van der Waals surface area contributed by atoms with Crippen LogP contribution in [-0.2, 0) is 0 Å². The van der Waals surface area contributed by atoms with Gasteiger partial charge in [0.1, 0.15) is 0 Å². The zero-order valence-electron chi connectivity index (χ0n) is 11.2. The van der Waals surface area contributed by atoms with E-state index < -0.39 is 0 Å². The molecule has 0 fully saturated rings. The summed E-state index contributed by atoms with van der Waals surface area (Å²) in [6.45, 7) is 4.61. The van der Waals surface area contributed by atoms with Gasteiger partial charge in [-0.2, -0.15) is 0 Å². The summed E-state index contributed by atoms with van der Waals surface area (Å²) in [4.78, 5) is 0. The highest BCUT2D eigenvalue weighted by Gasteiger charge is 2.17. The molecule has 0 heteroatoms. The molecule has 2 aromatic rings. The molecule has 1 aliphatic rings. The van der Waals surface area contributed by atoms with E-state index >= 15 is 0 Å². The number of hydrogen-bond donors (Lipinski definition) is 0. The first kappa shape index (κ1) is 11.5. The van der Waals surface area contributed by atoms with Gasteiger partial charge in [0.2, 0.25) is 0 Å². The fourth-order valence-electron chi connectivity index (χ4n) is 2.94. The van der Waals surface area contributed by atoms with Crippen molar-refractivity contribution in [3.63, 3.8) is 0 Å². The molecule has 0 saturated carbocycles. The fourth-order valence-corrected chi connectivity index (χ4v) is 2.94. The van der Waals surface area contributed by atoms with Crippen LogP contribution in [0.2, 0.25) is 0 Å². The Hall–Kier alpha value is -1.56. The Balaban J connectivity index is 2.05. The molecular weight excluding hydrogens is 216 g/mol. The lowest BCUT2D eigenvalue weighted by Gasteiger charge is -2.22. The standard InChI is InChI=1S/C18H20/c1-13(2)9-10-14-11-12-16-6-3-5-15-7-4-8-17(14)18(15)16/h3-8,11-14H,9-10H2,1-2H3. The molecule has 1 aliphatic carbocycles. The second-order valence-electron chi connectivity index (χ2n) is 5.73. The Kier molecular flexibility index (Phi) is 2.95. The highest BCUT2D eigenvalue weighted by Crippen LogP contribution is 2.37. The van der Waals surface area contributed by atoms with Crippen LogP contribution in [0.15, 0.2) is 42.5 Å². The van der Waals surface area contributed by atoms with E-state index in [0.29, 0.717) is 5.92 Å². The molecule has 0 heterocycles. The van der Waals surface area contributed by atoms with E-state index in [-0.39, 0.29) is 0 Å². The van der Waals surface area contributed by atoms with Crippen LogP contribution in [0.3, 0.4) is 0 Å². The summed E-state index contributed by atoms with van der Waals surface area (Å²) in [5.74, 6) is 1.39. The SMILES string of the molecule is CC(C)CCC1C=Cc2cccc3cccc1c23. The van der Waals surface area contributed by atoms with Gasteiger partial charge in [0.25, 0.3) is 0 Å². The number of benzene rings is 2. The molecule has 0 aromatic heterocycles. The smallest absolute Gasteiger partial charge is 0.00277 e. The van der Waals surface area contributed by atoms with Gasteiger partial charge in [0.15, 0.2) is 0 Å². The summed E-state index contributed by atoms with van der Waals surface area (Å²) in [5.41, 5.74) is 2.90. The predicted octanol–water partition coefficient (Wildman–Crippen LogP) is 5.39. The van der Waals surface area contributed by atoms with Gasteiger partial charge in [-0.05, 0) is 34.2 Å². The molecule has 2 aromatic carbocycles. The average molecular weight is 236 g/mol. The van der Waals surface area contributed by atoms with Crippen molar-refractivity contribution in [2.75, 3.05) is 0 Å². The molecule has 0 saturated heterocycles. The molecule has 3 rings (SSSR count). The number of allylic oxidation sites excluding steroid dienone is 1. The number of rotatable bonds is 3. The normalized spacial score (nSPS) is 17.6. The predicted molar refractivity (Wildman–Crippen MR) is 79.8 cm³/mol. The van der Waals surface area contributed by atoms with Gasteiger partial charge in [-0.15, -0.1) is 0 Å². The maximum atomic E-state index is 2.39. The highest BCUT2D eigenvalue weighted by molar-refractivity contribution is 5.95. The highest BCUT2D eigenvalue weighted by atomic mass is 14.2. The van der Waals surface area contributed by atoms with Crippen LogP contribution in [0.25, 0.3) is 16.8 Å². The van der Waals surface area contributed by atoms with Gasteiger partial charge in [-0.1, -0.05) is 68.8 Å². The van der Waals surface area contributed by atoms with Gasteiger partial charge >= 0.3 is 0 Å². The molecule has 0 spiro atoms. The maximum absolute atomic E-state index is 2.39. The van der Waals surface area contributed by atoms with Crippen molar-refractivity contribution in [1.29, 1.82) is 0 Å². The molecule has 0 aliphatic heterocycles. The molecule has 0 bridgehead atoms. The molecule has 0 nitrogen and oxygen atoms in total. The lowest BCUT2D eigenvalue weighted by molar-refractivity contribution is 0.535. The lowest BCUT2D eigenvalue weighted by atomic mass is 9.83. The number of hydrogen-bond acceptors (Lipinski definition) is 0. The minimum Gasteiger partial charge on any atom is -0.0764 e. The first-order valence-corrected chi connectivity index (χ1v) is 6.95. The molecule has 1 atom stereocenters. The Morgan fingerprint density at radius 1 is 1.06 bits per heavy atom. The van der Waals surface area contributed by atoms with Crippen molar-refractivity contribution in [3.05, 3.63) is 53.6 Å². The Bertz CT molecular complexity index is 585. The third-order valence-electron chi connectivity index (χ3n) is 3.93. The van der Waals surface area contributed by atoms with Crippen LogP contribution in [0.5, 0.6) is 0 Å². The minimum absolute atomic E-state index is 0.603. The van der Waals surface area contributed by atoms with Gasteiger partial charge in [-0.25, -0.2) is 0 Å². The van der Waals surface area contributed by atoms with Crippen molar-refractivity contribution in [2.24, 2.45) is 5.92 Å². The second kappa shape index (κ2) is 4.61. The Morgan fingerprint density at radius 3 is 2.61 bits per heavy atom. The summed E-state index contributed by atoms with van der Waals surface area (Å²) >= 11 is 0. The monoisotopic (exact) mass is 236 g/mol. The van der Waals surface area contributed by atoms with Crippen molar-refractivity contribution in [3.8, 4) is 0 Å². The van der Waals surface area contributed by atoms with Crippen LogP contribution in [-0.4, -0.2) is 0 Å². The molecular formula is C18H20. The average Bonchev–Trinajstić information content (AvgIpc) is 2.38. The van der Waals surface area contributed by atoms with Gasteiger partial charge < -0.3 is 0 Å². The van der Waals surface area contributed by atoms with Crippen LogP contribution in [0.1, 0.15) is 43.7 Å². The summed E-state index contributed by atoms with van der Waals surface area (Å²) in [6.07, 6.45) is 7.26. The van der Waals surface area contributed by atoms with E-state index in [0.717, 1.165) is 5.92 Å². The zero-order chi connectivity index (χ0) is 12.5. The van der Waals surface area contributed by atoms with E-state index in [1.807, 2.05) is 0 Å². The topological polar surface area (TPSA) is 0 Å². The lowest BCUT2D eigenvalue weighted by Crippen LogP contribution is -2.03. The van der Waals surface area contributed by atoms with Crippen molar-refractivity contribution in [1.82, 2.24) is 0 Å². The fraction of sp³-hybridized carbons (Fsp3) is 0.333. The summed E-state index contributed by atoms with van der Waals surface area (Å²) in [6, 6.07) is 13.3. The van der Waals surface area contributed by atoms with E-state index in [4.69, 9.17) is 0 Å². The third-order valence-corrected chi connectivity index (χ3v) is 3.93. The first-order chi connectivity index (χ1) is 8.75. The Labute approximate surface area is 109 Å². The first-order valence-electron chi connectivity index (χ1n) is 6.95. The van der Waals surface area contributed by atoms with E-state index in [1.54, 1.807) is 0 Å². The van der Waals surface area contributed by atoms with E-state index in [9.17, 15) is 0 Å². The van der Waals surface area contributed by atoms with Crippen LogP contribution >= 0.6 is 0 Å². The largest absolute Gasteiger partial charge is 0.0764 e. The van der Waals surface area contributed by atoms with Crippen LogP contribution in [0.4, 0.5) is 0 Å². The summed E-state index contributed by atoms with van der Waals surface area (Å²) in [7, 11) is 0. The molecule has 0 N–H and O–H groups in total. The van der Waals surface area contributed by atoms with E-state index in [2.05, 4.69) is 62.4 Å². The quantitative estimate of drug-likeness (QED) is 0.670.